The second-order valence-corrected chi connectivity index (χ2v) is 23.5. The van der Waals surface area contributed by atoms with Crippen molar-refractivity contribution >= 4 is 36.8 Å². The van der Waals surface area contributed by atoms with Crippen molar-refractivity contribution in [1.82, 2.24) is 4.90 Å². The minimum absolute atomic E-state index is 0.00261. The summed E-state index contributed by atoms with van der Waals surface area (Å²) in [4.78, 5) is 72.6. The Morgan fingerprint density at radius 1 is 0.865 bits per heavy atom. The van der Waals surface area contributed by atoms with Crippen molar-refractivity contribution in [2.24, 2.45) is 35.5 Å². The third-order valence-electron chi connectivity index (χ3n) is 15.5. The van der Waals surface area contributed by atoms with E-state index in [2.05, 4.69) is 0 Å². The highest BCUT2D eigenvalue weighted by molar-refractivity contribution is 7.53. The first-order valence-electron chi connectivity index (χ1n) is 27.0. The normalized spacial score (nSPS) is 37.8. The molecule has 0 radical (unpaired) electrons. The number of aliphatic hydroxyl groups is 2. The number of hydrogen-bond donors (Lipinski definition) is 2. The lowest BCUT2D eigenvalue weighted by atomic mass is 9.78. The molecule has 0 spiro atoms. The van der Waals surface area contributed by atoms with Gasteiger partial charge in [-0.1, -0.05) is 71.1 Å². The lowest BCUT2D eigenvalue weighted by molar-refractivity contribution is -0.265. The average molecular weight is 1060 g/mol. The monoisotopic (exact) mass is 1060 g/mol. The van der Waals surface area contributed by atoms with Gasteiger partial charge in [-0.3, -0.25) is 23.7 Å². The predicted molar refractivity (Wildman–Crippen MR) is 280 cm³/mol. The molecule has 1 amide bonds. The highest BCUT2D eigenvalue weighted by atomic mass is 31.2. The van der Waals surface area contributed by atoms with Crippen molar-refractivity contribution < 1.29 is 76.2 Å². The molecule has 17 nitrogen and oxygen atoms in total. The number of carbonyl (C=O) groups excluding carboxylic acids is 5. The number of piperidine rings is 1. The summed E-state index contributed by atoms with van der Waals surface area (Å²) in [5.41, 5.74) is 1.24. The van der Waals surface area contributed by atoms with Crippen LogP contribution in [0.2, 0.25) is 0 Å². The summed E-state index contributed by atoms with van der Waals surface area (Å²) in [7, 11) is 1.08. The number of allylic oxidation sites excluding steroid dienone is 6. The van der Waals surface area contributed by atoms with Crippen LogP contribution in [-0.2, 0) is 66.0 Å². The van der Waals surface area contributed by atoms with Gasteiger partial charge in [0.05, 0.1) is 37.6 Å². The van der Waals surface area contributed by atoms with Gasteiger partial charge in [-0.2, -0.15) is 0 Å². The van der Waals surface area contributed by atoms with Gasteiger partial charge in [0.15, 0.2) is 5.78 Å². The zero-order valence-electron chi connectivity index (χ0n) is 46.4. The number of ketones is 3. The molecule has 3 fully saturated rings. The number of ether oxygens (including phenoxy) is 6. The van der Waals surface area contributed by atoms with Crippen LogP contribution in [0.4, 0.5) is 0 Å². The molecule has 1 saturated carbocycles. The van der Waals surface area contributed by atoms with Crippen molar-refractivity contribution in [3.05, 3.63) is 47.6 Å². The summed E-state index contributed by atoms with van der Waals surface area (Å²) in [6, 6.07) is -1.18. The van der Waals surface area contributed by atoms with E-state index in [4.69, 9.17) is 37.5 Å². The molecule has 0 aromatic carbocycles. The Hall–Kier alpha value is -3.22. The third kappa shape index (κ3) is 17.9. The summed E-state index contributed by atoms with van der Waals surface area (Å²) in [6.07, 6.45) is 10.6. The van der Waals surface area contributed by atoms with Gasteiger partial charge in [0.2, 0.25) is 5.79 Å². The summed E-state index contributed by atoms with van der Waals surface area (Å²) in [5, 5.41) is 23.6. The number of nitrogens with zero attached hydrogens (tertiary/aromatic N) is 1. The number of carbonyl (C=O) groups is 5. The number of cyclic esters (lactones) is 1. The molecule has 8 unspecified atom stereocenters. The van der Waals surface area contributed by atoms with E-state index < -0.39 is 103 Å². The van der Waals surface area contributed by atoms with E-state index in [0.717, 1.165) is 5.57 Å². The highest BCUT2D eigenvalue weighted by Crippen LogP contribution is 2.48. The van der Waals surface area contributed by atoms with Crippen LogP contribution in [0.15, 0.2) is 47.6 Å². The molecule has 2 N–H and O–H groups in total. The van der Waals surface area contributed by atoms with Crippen LogP contribution in [0.3, 0.4) is 0 Å². The molecule has 2 saturated heterocycles. The highest BCUT2D eigenvalue weighted by Gasteiger charge is 2.53. The van der Waals surface area contributed by atoms with Gasteiger partial charge >= 0.3 is 13.6 Å². The number of fused-ring (bicyclic) bond motifs is 3. The number of rotatable bonds is 13. The zero-order chi connectivity index (χ0) is 54.9. The number of Topliss-reactive ketones (excluding diaryl/α,β-unsaturated/α-hetero) is 3. The fourth-order valence-corrected chi connectivity index (χ4v) is 12.1. The Morgan fingerprint density at radius 2 is 1.59 bits per heavy atom. The maximum atomic E-state index is 14.6. The molecule has 0 aromatic rings. The molecule has 18 heteroatoms. The number of aliphatic hydroxyl groups excluding tert-OH is 1. The van der Waals surface area contributed by atoms with Gasteiger partial charge in [-0.15, -0.1) is 0 Å². The van der Waals surface area contributed by atoms with E-state index in [1.54, 1.807) is 41.1 Å². The quantitative estimate of drug-likeness (QED) is 0.0585. The topological polar surface area (TPSA) is 220 Å². The molecular formula is C56H90NO16P. The molecule has 4 rings (SSSR count). The van der Waals surface area contributed by atoms with Gasteiger partial charge in [0.25, 0.3) is 11.7 Å². The first kappa shape index (κ1) is 63.3. The Morgan fingerprint density at radius 3 is 2.27 bits per heavy atom. The van der Waals surface area contributed by atoms with E-state index in [1.165, 1.54) is 18.7 Å². The van der Waals surface area contributed by atoms with E-state index >= 15 is 0 Å². The molecule has 3 aliphatic heterocycles. The van der Waals surface area contributed by atoms with Crippen LogP contribution in [0, 0.1) is 35.5 Å². The third-order valence-corrected chi connectivity index (χ3v) is 16.8. The van der Waals surface area contributed by atoms with Gasteiger partial charge in [0, 0.05) is 71.7 Å². The molecule has 16 atom stereocenters. The van der Waals surface area contributed by atoms with E-state index in [-0.39, 0.29) is 56.0 Å². The maximum absolute atomic E-state index is 14.6. The summed E-state index contributed by atoms with van der Waals surface area (Å²) in [5.74, 6) is -8.35. The lowest BCUT2D eigenvalue weighted by Crippen LogP contribution is -2.61. The second kappa shape index (κ2) is 30.1. The predicted octanol–water partition coefficient (Wildman–Crippen LogP) is 8.08. The molecule has 0 aromatic heterocycles. The summed E-state index contributed by atoms with van der Waals surface area (Å²) >= 11 is 0. The Balaban J connectivity index is 1.67. The second-order valence-electron chi connectivity index (χ2n) is 21.5. The van der Waals surface area contributed by atoms with Crippen LogP contribution >= 0.6 is 7.60 Å². The minimum Gasteiger partial charge on any atom is -0.460 e. The van der Waals surface area contributed by atoms with Gasteiger partial charge in [-0.25, -0.2) is 4.79 Å². The number of hydrogen-bond acceptors (Lipinski definition) is 16. The SMILES string of the molecule is CCOCCOP(C)(=O)O[C@@H]1CCC(C[C@@H](C)[C@@H]2CC(=O)[C@H](C)/C=C(\C)C(O)[C@@H](OC)C(=O)C(C)C[C@H](C)/C=C/C=C/C=C(\C)[C@@H](OC)C[C@@H]3CCC(C)C(O)(O3)C(=O)C(=O)N3CCCCC3C(=O)O2)CC1OC. The van der Waals surface area contributed by atoms with Gasteiger partial charge in [-0.05, 0) is 114 Å². The van der Waals surface area contributed by atoms with Crippen LogP contribution < -0.4 is 0 Å². The summed E-state index contributed by atoms with van der Waals surface area (Å²) in [6.45, 7) is 16.9. The van der Waals surface area contributed by atoms with Crippen molar-refractivity contribution in [1.29, 1.82) is 0 Å². The summed E-state index contributed by atoms with van der Waals surface area (Å²) < 4.78 is 60.0. The van der Waals surface area contributed by atoms with E-state index in [9.17, 15) is 38.8 Å². The molecular weight excluding hydrogens is 974 g/mol. The molecule has 4 aliphatic rings. The Labute approximate surface area is 441 Å². The van der Waals surface area contributed by atoms with E-state index in [1.807, 2.05) is 65.0 Å². The minimum atomic E-state index is -3.44. The maximum Gasteiger partial charge on any atom is 0.329 e. The van der Waals surface area contributed by atoms with E-state index in [0.29, 0.717) is 76.4 Å². The number of amides is 1. The average Bonchev–Trinajstić information content (AvgIpc) is 3.36. The van der Waals surface area contributed by atoms with Crippen molar-refractivity contribution in [3.8, 4) is 0 Å². The molecule has 420 valence electrons. The van der Waals surface area contributed by atoms with Gasteiger partial charge in [0.1, 0.15) is 30.1 Å². The standard InChI is InChI=1S/C56H90NO16P/c1-13-69-27-28-70-74(12,65)73-46-25-23-42(32-49(46)67-10)31-38(5)48-34-45(58)37(4)30-40(7)51(60)52(68-11)50(59)39(6)29-35(2)19-15-14-16-20-36(3)47(66-9)33-43-24-22-41(8)56(64,72-43)53(61)54(62)57-26-18-17-21-44(57)55(63)71-48/h14-16,19-20,30,35,37-39,41-44,46-49,51-52,60,64H,13,17-18,21-29,31-34H2,1-12H3/b16-14+,19-15+,36-20+,40-30+/t35-,37-,38-,39?,41?,42?,43+,44?,46-,47+,48+,49?,51?,52+,56?,74?/m1/s1. The number of esters is 1. The zero-order valence-corrected chi connectivity index (χ0v) is 47.3. The lowest BCUT2D eigenvalue weighted by Gasteiger charge is -2.42. The van der Waals surface area contributed by atoms with Crippen LogP contribution in [0.1, 0.15) is 132 Å². The van der Waals surface area contributed by atoms with Crippen LogP contribution in [0.25, 0.3) is 0 Å². The molecule has 74 heavy (non-hydrogen) atoms. The Bertz CT molecular complexity index is 2040. The van der Waals surface area contributed by atoms with Gasteiger partial charge < -0.3 is 52.6 Å². The molecule has 1 aliphatic carbocycles. The first-order chi connectivity index (χ1) is 35.0. The van der Waals surface area contributed by atoms with Crippen molar-refractivity contribution in [2.45, 2.75) is 187 Å². The molecule has 3 heterocycles. The Kier molecular flexibility index (Phi) is 25.7. The van der Waals surface area contributed by atoms with Crippen molar-refractivity contribution in [3.63, 3.8) is 0 Å². The fraction of sp³-hybridized carbons (Fsp3) is 0.768. The molecule has 2 bridgehead atoms. The largest absolute Gasteiger partial charge is 0.460 e. The fourth-order valence-electron chi connectivity index (χ4n) is 10.9. The number of methoxy groups -OCH3 is 3. The van der Waals surface area contributed by atoms with Crippen molar-refractivity contribution in [2.75, 3.05) is 54.4 Å². The smallest absolute Gasteiger partial charge is 0.329 e. The van der Waals surface area contributed by atoms with Crippen LogP contribution in [-0.4, -0.2) is 153 Å². The van der Waals surface area contributed by atoms with Crippen LogP contribution in [0.5, 0.6) is 0 Å². The first-order valence-corrected chi connectivity index (χ1v) is 29.0.